The standard InChI is InChI=1S/C17H25N3O/c1-4-11-19-16(17-12-18-13-20(17)2)10-7-14-5-8-15(21-3)9-6-14/h5-6,8-9,12-13,16,19H,4,7,10-11H2,1-3H3. The summed E-state index contributed by atoms with van der Waals surface area (Å²) in [5.74, 6) is 0.908. The Balaban J connectivity index is 1.99. The summed E-state index contributed by atoms with van der Waals surface area (Å²) in [6.07, 6.45) is 7.06. The van der Waals surface area contributed by atoms with Crippen molar-refractivity contribution in [3.05, 3.63) is 48.0 Å². The molecule has 21 heavy (non-hydrogen) atoms. The molecule has 4 heteroatoms. The van der Waals surface area contributed by atoms with E-state index in [9.17, 15) is 0 Å². The number of ether oxygens (including phenoxy) is 1. The summed E-state index contributed by atoms with van der Waals surface area (Å²) in [5, 5.41) is 3.62. The molecule has 2 rings (SSSR count). The van der Waals surface area contributed by atoms with Crippen LogP contribution in [0.1, 0.15) is 37.1 Å². The third-order valence-electron chi connectivity index (χ3n) is 3.73. The number of rotatable bonds is 8. The summed E-state index contributed by atoms with van der Waals surface area (Å²) >= 11 is 0. The number of hydrogen-bond acceptors (Lipinski definition) is 3. The van der Waals surface area contributed by atoms with E-state index in [1.165, 1.54) is 11.3 Å². The van der Waals surface area contributed by atoms with Crippen LogP contribution in [0.3, 0.4) is 0 Å². The Morgan fingerprint density at radius 1 is 1.29 bits per heavy atom. The van der Waals surface area contributed by atoms with E-state index in [4.69, 9.17) is 4.74 Å². The first kappa shape index (κ1) is 15.6. The number of aromatic nitrogens is 2. The maximum Gasteiger partial charge on any atom is 0.118 e. The van der Waals surface area contributed by atoms with E-state index in [0.717, 1.165) is 31.6 Å². The van der Waals surface area contributed by atoms with Crippen LogP contribution in [0.15, 0.2) is 36.8 Å². The molecular weight excluding hydrogens is 262 g/mol. The van der Waals surface area contributed by atoms with Gasteiger partial charge in [-0.2, -0.15) is 0 Å². The first-order chi connectivity index (χ1) is 10.2. The molecule has 1 unspecified atom stereocenters. The van der Waals surface area contributed by atoms with Crippen LogP contribution in [0.25, 0.3) is 0 Å². The Morgan fingerprint density at radius 2 is 2.05 bits per heavy atom. The molecule has 0 aliphatic heterocycles. The lowest BCUT2D eigenvalue weighted by Gasteiger charge is -2.19. The predicted molar refractivity (Wildman–Crippen MR) is 85.6 cm³/mol. The fourth-order valence-corrected chi connectivity index (χ4v) is 2.48. The zero-order valence-electron chi connectivity index (χ0n) is 13.2. The fraction of sp³-hybridized carbons (Fsp3) is 0.471. The maximum absolute atomic E-state index is 5.20. The van der Waals surface area contributed by atoms with Crippen molar-refractivity contribution in [2.75, 3.05) is 13.7 Å². The molecule has 1 N–H and O–H groups in total. The molecule has 0 bridgehead atoms. The van der Waals surface area contributed by atoms with Crippen LogP contribution in [-0.2, 0) is 13.5 Å². The van der Waals surface area contributed by atoms with E-state index in [-0.39, 0.29) is 0 Å². The number of methoxy groups -OCH3 is 1. The van der Waals surface area contributed by atoms with Gasteiger partial charge in [-0.15, -0.1) is 0 Å². The summed E-state index contributed by atoms with van der Waals surface area (Å²) in [6.45, 7) is 3.22. The molecule has 114 valence electrons. The Labute approximate surface area is 127 Å². The second-order valence-electron chi connectivity index (χ2n) is 5.32. The van der Waals surface area contributed by atoms with E-state index in [2.05, 4.69) is 41.0 Å². The van der Waals surface area contributed by atoms with Gasteiger partial charge in [0.15, 0.2) is 0 Å². The molecule has 2 aromatic rings. The third-order valence-corrected chi connectivity index (χ3v) is 3.73. The van der Waals surface area contributed by atoms with Crippen molar-refractivity contribution in [2.45, 2.75) is 32.2 Å². The lowest BCUT2D eigenvalue weighted by molar-refractivity contribution is 0.414. The summed E-state index contributed by atoms with van der Waals surface area (Å²) in [4.78, 5) is 4.23. The monoisotopic (exact) mass is 287 g/mol. The second kappa shape index (κ2) is 7.84. The largest absolute Gasteiger partial charge is 0.497 e. The molecule has 1 heterocycles. The maximum atomic E-state index is 5.20. The molecule has 1 aromatic heterocycles. The second-order valence-corrected chi connectivity index (χ2v) is 5.32. The van der Waals surface area contributed by atoms with Gasteiger partial charge in [-0.1, -0.05) is 19.1 Å². The van der Waals surface area contributed by atoms with Crippen LogP contribution in [0.2, 0.25) is 0 Å². The van der Waals surface area contributed by atoms with Gasteiger partial charge >= 0.3 is 0 Å². The number of nitrogens with one attached hydrogen (secondary N) is 1. The van der Waals surface area contributed by atoms with Crippen LogP contribution in [-0.4, -0.2) is 23.2 Å². The molecule has 0 aliphatic carbocycles. The number of imidazole rings is 1. The number of benzene rings is 1. The summed E-state index contributed by atoms with van der Waals surface area (Å²) in [6, 6.07) is 8.67. The van der Waals surface area contributed by atoms with Crippen LogP contribution in [0.5, 0.6) is 5.75 Å². The molecule has 0 radical (unpaired) electrons. The first-order valence-corrected chi connectivity index (χ1v) is 7.57. The summed E-state index contributed by atoms with van der Waals surface area (Å²) in [5.41, 5.74) is 2.58. The summed E-state index contributed by atoms with van der Waals surface area (Å²) in [7, 11) is 3.75. The average molecular weight is 287 g/mol. The molecule has 0 spiro atoms. The highest BCUT2D eigenvalue weighted by molar-refractivity contribution is 5.27. The molecule has 4 nitrogen and oxygen atoms in total. The van der Waals surface area contributed by atoms with Crippen molar-refractivity contribution in [1.82, 2.24) is 14.9 Å². The van der Waals surface area contributed by atoms with Crippen molar-refractivity contribution in [3.63, 3.8) is 0 Å². The van der Waals surface area contributed by atoms with Gasteiger partial charge in [0.25, 0.3) is 0 Å². The fourth-order valence-electron chi connectivity index (χ4n) is 2.48. The van der Waals surface area contributed by atoms with Crippen molar-refractivity contribution >= 4 is 0 Å². The van der Waals surface area contributed by atoms with E-state index in [0.29, 0.717) is 6.04 Å². The average Bonchev–Trinajstić information content (AvgIpc) is 2.94. The van der Waals surface area contributed by atoms with Gasteiger partial charge in [0, 0.05) is 19.3 Å². The predicted octanol–water partition coefficient (Wildman–Crippen LogP) is 3.10. The van der Waals surface area contributed by atoms with Gasteiger partial charge in [-0.3, -0.25) is 0 Å². The molecule has 0 amide bonds. The Kier molecular flexibility index (Phi) is 5.81. The van der Waals surface area contributed by atoms with Crippen LogP contribution in [0, 0.1) is 0 Å². The Morgan fingerprint density at radius 3 is 2.62 bits per heavy atom. The zero-order valence-corrected chi connectivity index (χ0v) is 13.2. The van der Waals surface area contributed by atoms with Crippen molar-refractivity contribution in [1.29, 1.82) is 0 Å². The summed E-state index contributed by atoms with van der Waals surface area (Å²) < 4.78 is 7.30. The van der Waals surface area contributed by atoms with Crippen molar-refractivity contribution < 1.29 is 4.74 Å². The van der Waals surface area contributed by atoms with Gasteiger partial charge in [0.2, 0.25) is 0 Å². The molecule has 0 aliphatic rings. The number of nitrogens with zero attached hydrogens (tertiary/aromatic N) is 2. The van der Waals surface area contributed by atoms with Crippen molar-refractivity contribution in [3.8, 4) is 5.75 Å². The minimum Gasteiger partial charge on any atom is -0.497 e. The molecule has 1 atom stereocenters. The normalized spacial score (nSPS) is 12.3. The third kappa shape index (κ3) is 4.33. The van der Waals surface area contributed by atoms with Crippen molar-refractivity contribution in [2.24, 2.45) is 7.05 Å². The van der Waals surface area contributed by atoms with Gasteiger partial charge in [-0.25, -0.2) is 4.98 Å². The smallest absolute Gasteiger partial charge is 0.118 e. The van der Waals surface area contributed by atoms with E-state index in [1.807, 2.05) is 24.7 Å². The van der Waals surface area contributed by atoms with Crippen LogP contribution < -0.4 is 10.1 Å². The topological polar surface area (TPSA) is 39.1 Å². The van der Waals surface area contributed by atoms with Crippen LogP contribution in [0.4, 0.5) is 0 Å². The first-order valence-electron chi connectivity index (χ1n) is 7.57. The Hall–Kier alpha value is -1.81. The van der Waals surface area contributed by atoms with Gasteiger partial charge in [-0.05, 0) is 43.5 Å². The lowest BCUT2D eigenvalue weighted by atomic mass is 10.0. The minimum atomic E-state index is 0.347. The molecule has 0 saturated heterocycles. The lowest BCUT2D eigenvalue weighted by Crippen LogP contribution is -2.24. The highest BCUT2D eigenvalue weighted by atomic mass is 16.5. The van der Waals surface area contributed by atoms with Gasteiger partial charge in [0.05, 0.1) is 19.1 Å². The number of aryl methyl sites for hydroxylation is 2. The van der Waals surface area contributed by atoms with E-state index in [1.54, 1.807) is 7.11 Å². The van der Waals surface area contributed by atoms with Gasteiger partial charge < -0.3 is 14.6 Å². The quantitative estimate of drug-likeness (QED) is 0.811. The molecule has 0 fully saturated rings. The minimum absolute atomic E-state index is 0.347. The highest BCUT2D eigenvalue weighted by Gasteiger charge is 2.14. The van der Waals surface area contributed by atoms with E-state index >= 15 is 0 Å². The molecule has 0 saturated carbocycles. The number of hydrogen-bond donors (Lipinski definition) is 1. The van der Waals surface area contributed by atoms with E-state index < -0.39 is 0 Å². The zero-order chi connectivity index (χ0) is 15.1. The highest BCUT2D eigenvalue weighted by Crippen LogP contribution is 2.20. The molecular formula is C17H25N3O. The molecule has 1 aromatic carbocycles. The van der Waals surface area contributed by atoms with Gasteiger partial charge in [0.1, 0.15) is 5.75 Å². The SMILES string of the molecule is CCCNC(CCc1ccc(OC)cc1)c1cncn1C. The van der Waals surface area contributed by atoms with Crippen LogP contribution >= 0.6 is 0 Å². The Bertz CT molecular complexity index is 533.